The zero-order valence-corrected chi connectivity index (χ0v) is 22.9. The van der Waals surface area contributed by atoms with Crippen LogP contribution in [0.15, 0.2) is 121 Å². The van der Waals surface area contributed by atoms with Crippen molar-refractivity contribution in [2.75, 3.05) is 0 Å². The molecule has 0 aliphatic rings. The number of hydrogen-bond donors (Lipinski definition) is 0. The van der Waals surface area contributed by atoms with Crippen LogP contribution in [0.5, 0.6) is 0 Å². The van der Waals surface area contributed by atoms with E-state index in [4.69, 9.17) is 0 Å². The normalized spacial score (nSPS) is 12.5. The first kappa shape index (κ1) is 22.4. The van der Waals surface area contributed by atoms with Gasteiger partial charge in [-0.25, -0.2) is 4.39 Å². The van der Waals surface area contributed by atoms with Crippen LogP contribution in [-0.4, -0.2) is 0 Å². The number of rotatable bonds is 1. The highest BCUT2D eigenvalue weighted by Crippen LogP contribution is 2.47. The summed E-state index contributed by atoms with van der Waals surface area (Å²) in [6.45, 7) is 2.19. The van der Waals surface area contributed by atoms with Gasteiger partial charge in [-0.05, 0) is 152 Å². The molecule has 0 unspecified atom stereocenters. The number of benzene rings is 8. The minimum absolute atomic E-state index is 0.213. The summed E-state index contributed by atoms with van der Waals surface area (Å²) < 4.78 is 13.9. The standard InChI is InChI=1S/C41H23F/c1-22-15-25-6-4-8-31-33-18-26-19-34-32-14-13-30(23-9-11-28(42)12-10-23)40-29-7-3-2-5-24(29)17-38(41(32)40)36(34)21-27(26)20-35(33)37(16-22)39(25)31/h2-21H,1H3. The smallest absolute Gasteiger partial charge is 0.123 e. The summed E-state index contributed by atoms with van der Waals surface area (Å²) >= 11 is 0. The van der Waals surface area contributed by atoms with Crippen LogP contribution >= 0.6 is 0 Å². The molecule has 0 aliphatic carbocycles. The lowest BCUT2D eigenvalue weighted by atomic mass is 9.92. The predicted molar refractivity (Wildman–Crippen MR) is 179 cm³/mol. The fourth-order valence-electron chi connectivity index (χ4n) is 7.80. The van der Waals surface area contributed by atoms with Crippen LogP contribution in [0, 0.1) is 12.7 Å². The van der Waals surface area contributed by atoms with Crippen molar-refractivity contribution < 1.29 is 4.39 Å². The first-order valence-corrected chi connectivity index (χ1v) is 14.5. The number of fused-ring (bicyclic) bond motifs is 9. The first-order chi connectivity index (χ1) is 20.6. The molecule has 0 fully saturated rings. The van der Waals surface area contributed by atoms with Gasteiger partial charge in [0.1, 0.15) is 5.82 Å². The molecule has 0 saturated heterocycles. The monoisotopic (exact) mass is 534 g/mol. The fourth-order valence-corrected chi connectivity index (χ4v) is 7.80. The van der Waals surface area contributed by atoms with Gasteiger partial charge in [0.2, 0.25) is 0 Å². The molecule has 0 N–H and O–H groups in total. The summed E-state index contributed by atoms with van der Waals surface area (Å²) in [6.07, 6.45) is 0. The first-order valence-electron chi connectivity index (χ1n) is 14.5. The van der Waals surface area contributed by atoms with Crippen LogP contribution in [0.4, 0.5) is 4.39 Å². The Bertz CT molecular complexity index is 2730. The van der Waals surface area contributed by atoms with Gasteiger partial charge in [0.25, 0.3) is 0 Å². The van der Waals surface area contributed by atoms with Crippen LogP contribution in [0.3, 0.4) is 0 Å². The highest BCUT2D eigenvalue weighted by Gasteiger charge is 2.19. The third-order valence-corrected chi connectivity index (χ3v) is 9.55. The molecule has 0 spiro atoms. The van der Waals surface area contributed by atoms with Crippen molar-refractivity contribution in [3.8, 4) is 11.1 Å². The summed E-state index contributed by atoms with van der Waals surface area (Å²) in [7, 11) is 0. The fraction of sp³-hybridized carbons (Fsp3) is 0.0244. The Kier molecular flexibility index (Phi) is 4.12. The largest absolute Gasteiger partial charge is 0.207 e. The summed E-state index contributed by atoms with van der Waals surface area (Å²) in [5.74, 6) is -0.213. The Morgan fingerprint density at radius 3 is 1.74 bits per heavy atom. The van der Waals surface area contributed by atoms with Gasteiger partial charge in [0.05, 0.1) is 0 Å². The quantitative estimate of drug-likeness (QED) is 0.184. The lowest BCUT2D eigenvalue weighted by Crippen LogP contribution is -1.85. The molecular formula is C41H23F. The van der Waals surface area contributed by atoms with Crippen LogP contribution < -0.4 is 0 Å². The van der Waals surface area contributed by atoms with E-state index in [1.54, 1.807) is 12.1 Å². The number of halogens is 1. The van der Waals surface area contributed by atoms with E-state index in [0.29, 0.717) is 0 Å². The summed E-state index contributed by atoms with van der Waals surface area (Å²) in [5, 5.41) is 20.7. The van der Waals surface area contributed by atoms with Crippen molar-refractivity contribution in [1.82, 2.24) is 0 Å². The molecule has 0 aromatic heterocycles. The van der Waals surface area contributed by atoms with E-state index in [0.717, 1.165) is 11.1 Å². The molecule has 0 radical (unpaired) electrons. The molecular weight excluding hydrogens is 511 g/mol. The third-order valence-electron chi connectivity index (χ3n) is 9.55. The molecule has 0 aliphatic heterocycles. The van der Waals surface area contributed by atoms with Gasteiger partial charge < -0.3 is 0 Å². The second-order valence-corrected chi connectivity index (χ2v) is 11.9. The van der Waals surface area contributed by atoms with Crippen LogP contribution in [0.1, 0.15) is 5.56 Å². The summed E-state index contributed by atoms with van der Waals surface area (Å²) in [4.78, 5) is 0. The van der Waals surface area contributed by atoms with Gasteiger partial charge >= 0.3 is 0 Å². The number of hydrogen-bond acceptors (Lipinski definition) is 0. The maximum atomic E-state index is 13.9. The van der Waals surface area contributed by atoms with Crippen LogP contribution in [-0.2, 0) is 0 Å². The third kappa shape index (κ3) is 2.80. The van der Waals surface area contributed by atoms with E-state index >= 15 is 0 Å². The second-order valence-electron chi connectivity index (χ2n) is 11.9. The van der Waals surface area contributed by atoms with Gasteiger partial charge in [-0.3, -0.25) is 0 Å². The highest BCUT2D eigenvalue weighted by molar-refractivity contribution is 6.38. The predicted octanol–water partition coefficient (Wildman–Crippen LogP) is 11.9. The lowest BCUT2D eigenvalue weighted by Gasteiger charge is -2.12. The SMILES string of the molecule is Cc1cc2cccc3c4cc5cc6c(cc5cc4c(c1)c23)c1cc2ccccc2c2c(-c3ccc(F)cc3)ccc6c12. The Labute approximate surface area is 240 Å². The van der Waals surface area contributed by atoms with Gasteiger partial charge in [-0.1, -0.05) is 78.9 Å². The van der Waals surface area contributed by atoms with E-state index in [-0.39, 0.29) is 5.82 Å². The number of aryl methyl sites for hydroxylation is 1. The van der Waals surface area contributed by atoms with Crippen molar-refractivity contribution >= 4 is 86.2 Å². The van der Waals surface area contributed by atoms with Gasteiger partial charge in [-0.15, -0.1) is 0 Å². The van der Waals surface area contributed by atoms with E-state index < -0.39 is 0 Å². The summed E-state index contributed by atoms with van der Waals surface area (Å²) in [6, 6.07) is 43.4. The molecule has 0 bridgehead atoms. The van der Waals surface area contributed by atoms with Crippen molar-refractivity contribution in [2.45, 2.75) is 6.92 Å². The molecule has 0 heterocycles. The molecule has 10 aromatic rings. The maximum absolute atomic E-state index is 13.9. The molecule has 0 amide bonds. The topological polar surface area (TPSA) is 0 Å². The Morgan fingerprint density at radius 2 is 0.976 bits per heavy atom. The molecule has 10 rings (SSSR count). The van der Waals surface area contributed by atoms with E-state index in [1.165, 1.54) is 91.7 Å². The minimum Gasteiger partial charge on any atom is -0.207 e. The Morgan fingerprint density at radius 1 is 0.381 bits per heavy atom. The molecule has 0 saturated carbocycles. The second kappa shape index (κ2) is 7.72. The van der Waals surface area contributed by atoms with Gasteiger partial charge in [-0.2, -0.15) is 0 Å². The maximum Gasteiger partial charge on any atom is 0.123 e. The molecule has 0 atom stereocenters. The van der Waals surface area contributed by atoms with Crippen molar-refractivity contribution in [3.63, 3.8) is 0 Å². The molecule has 0 nitrogen and oxygen atoms in total. The minimum atomic E-state index is -0.213. The molecule has 194 valence electrons. The molecule has 42 heavy (non-hydrogen) atoms. The van der Waals surface area contributed by atoms with E-state index in [1.807, 2.05) is 12.1 Å². The Balaban J connectivity index is 1.38. The van der Waals surface area contributed by atoms with E-state index in [2.05, 4.69) is 104 Å². The average molecular weight is 535 g/mol. The average Bonchev–Trinajstić information content (AvgIpc) is 3.48. The zero-order chi connectivity index (χ0) is 27.7. The van der Waals surface area contributed by atoms with Crippen LogP contribution in [0.25, 0.3) is 97.3 Å². The molecule has 10 aromatic carbocycles. The van der Waals surface area contributed by atoms with E-state index in [9.17, 15) is 4.39 Å². The van der Waals surface area contributed by atoms with Crippen molar-refractivity contribution in [1.29, 1.82) is 0 Å². The zero-order valence-electron chi connectivity index (χ0n) is 22.9. The lowest BCUT2D eigenvalue weighted by molar-refractivity contribution is 0.628. The Hall–Kier alpha value is -5.27. The van der Waals surface area contributed by atoms with Gasteiger partial charge in [0.15, 0.2) is 0 Å². The van der Waals surface area contributed by atoms with Crippen molar-refractivity contribution in [2.24, 2.45) is 0 Å². The highest BCUT2D eigenvalue weighted by atomic mass is 19.1. The van der Waals surface area contributed by atoms with Crippen molar-refractivity contribution in [3.05, 3.63) is 133 Å². The van der Waals surface area contributed by atoms with Crippen LogP contribution in [0.2, 0.25) is 0 Å². The summed E-state index contributed by atoms with van der Waals surface area (Å²) in [5.41, 5.74) is 3.47. The van der Waals surface area contributed by atoms with Gasteiger partial charge in [0, 0.05) is 0 Å². The molecule has 1 heteroatoms.